The Balaban J connectivity index is 2.31. The molecular formula is C10H11N5OS. The van der Waals surface area contributed by atoms with Gasteiger partial charge >= 0.3 is 0 Å². The highest BCUT2D eigenvalue weighted by molar-refractivity contribution is 7.71. The maximum Gasteiger partial charge on any atom is 0.249 e. The molecule has 0 atom stereocenters. The zero-order valence-corrected chi connectivity index (χ0v) is 10.2. The van der Waals surface area contributed by atoms with E-state index in [2.05, 4.69) is 24.9 Å². The number of nitrogens with one attached hydrogen (secondary N) is 2. The van der Waals surface area contributed by atoms with Gasteiger partial charge in [0.15, 0.2) is 4.77 Å². The molecule has 0 amide bonds. The van der Waals surface area contributed by atoms with E-state index in [-0.39, 0.29) is 5.88 Å². The summed E-state index contributed by atoms with van der Waals surface area (Å²) in [6.07, 6.45) is 1.43. The monoisotopic (exact) mass is 249 g/mol. The van der Waals surface area contributed by atoms with Gasteiger partial charge in [0.05, 0.1) is 6.21 Å². The maximum atomic E-state index is 9.43. The highest BCUT2D eigenvalue weighted by Crippen LogP contribution is 2.11. The maximum absolute atomic E-state index is 9.43. The lowest BCUT2D eigenvalue weighted by Crippen LogP contribution is -1.90. The largest absolute Gasteiger partial charge is 0.493 e. The number of rotatable bonds is 2. The molecule has 6 nitrogen and oxygen atoms in total. The summed E-state index contributed by atoms with van der Waals surface area (Å²) in [5.74, 6) is 0.297. The lowest BCUT2D eigenvalue weighted by molar-refractivity contribution is 0.455. The van der Waals surface area contributed by atoms with Gasteiger partial charge < -0.3 is 15.1 Å². The first-order chi connectivity index (χ1) is 8.04. The van der Waals surface area contributed by atoms with Crippen molar-refractivity contribution in [2.45, 2.75) is 13.8 Å². The van der Waals surface area contributed by atoms with Crippen LogP contribution in [0.4, 0.5) is 5.95 Å². The molecule has 3 N–H and O–H groups in total. The van der Waals surface area contributed by atoms with E-state index in [1.165, 1.54) is 6.21 Å². The smallest absolute Gasteiger partial charge is 0.249 e. The standard InChI is InChI=1S/C10H11N5OS/c1-5-3-6(2)13-9(12-5)11-4-7-8(16)15-10(17)14-7/h3-4,16H,1-2H3,(H2,14,15,17)/b11-4+. The molecule has 2 aromatic heterocycles. The van der Waals surface area contributed by atoms with E-state index in [1.54, 1.807) is 0 Å². The van der Waals surface area contributed by atoms with Gasteiger partial charge in [-0.2, -0.15) is 0 Å². The van der Waals surface area contributed by atoms with E-state index < -0.39 is 0 Å². The van der Waals surface area contributed by atoms with Crippen LogP contribution in [-0.2, 0) is 0 Å². The lowest BCUT2D eigenvalue weighted by Gasteiger charge is -1.96. The Labute approximate surface area is 102 Å². The van der Waals surface area contributed by atoms with Gasteiger partial charge in [0, 0.05) is 11.4 Å². The predicted octanol–water partition coefficient (Wildman–Crippen LogP) is 1.94. The number of hydrogen-bond acceptors (Lipinski definition) is 5. The average Bonchev–Trinajstić information content (AvgIpc) is 2.53. The molecule has 0 bridgehead atoms. The first-order valence-electron chi connectivity index (χ1n) is 4.92. The minimum atomic E-state index is -0.0527. The Morgan fingerprint density at radius 2 is 1.94 bits per heavy atom. The molecule has 7 heteroatoms. The molecule has 0 saturated carbocycles. The van der Waals surface area contributed by atoms with Crippen molar-refractivity contribution in [2.24, 2.45) is 4.99 Å². The fourth-order valence-electron chi connectivity index (χ4n) is 1.37. The van der Waals surface area contributed by atoms with Crippen LogP contribution >= 0.6 is 12.2 Å². The Morgan fingerprint density at radius 1 is 1.29 bits per heavy atom. The molecule has 17 heavy (non-hydrogen) atoms. The third-order valence-corrected chi connectivity index (χ3v) is 2.22. The molecule has 0 saturated heterocycles. The van der Waals surface area contributed by atoms with Gasteiger partial charge in [-0.25, -0.2) is 15.0 Å². The molecule has 88 valence electrons. The SMILES string of the molecule is Cc1cc(C)nc(/N=C/c2[nH]c(=S)[nH]c2O)n1. The highest BCUT2D eigenvalue weighted by Gasteiger charge is 2.01. The van der Waals surface area contributed by atoms with Crippen molar-refractivity contribution in [3.8, 4) is 5.88 Å². The number of aryl methyl sites for hydroxylation is 2. The van der Waals surface area contributed by atoms with E-state index >= 15 is 0 Å². The van der Waals surface area contributed by atoms with Crippen molar-refractivity contribution in [3.63, 3.8) is 0 Å². The van der Waals surface area contributed by atoms with Crippen LogP contribution in [0.1, 0.15) is 17.1 Å². The second-order valence-electron chi connectivity index (χ2n) is 3.55. The number of imidazole rings is 1. The molecule has 2 aromatic rings. The van der Waals surface area contributed by atoms with Crippen LogP contribution in [0.2, 0.25) is 0 Å². The molecule has 2 rings (SSSR count). The number of aromatic hydroxyl groups is 1. The quantitative estimate of drug-likeness (QED) is 0.560. The second-order valence-corrected chi connectivity index (χ2v) is 3.96. The number of aromatic nitrogens is 4. The average molecular weight is 249 g/mol. The summed E-state index contributed by atoms with van der Waals surface area (Å²) in [6.45, 7) is 3.74. The Kier molecular flexibility index (Phi) is 3.01. The number of hydrogen-bond donors (Lipinski definition) is 3. The molecule has 0 unspecified atom stereocenters. The minimum absolute atomic E-state index is 0.0527. The summed E-state index contributed by atoms with van der Waals surface area (Å²) in [4.78, 5) is 17.7. The van der Waals surface area contributed by atoms with Gasteiger partial charge in [-0.15, -0.1) is 0 Å². The van der Waals surface area contributed by atoms with Crippen LogP contribution in [0.25, 0.3) is 0 Å². The molecule has 0 aromatic carbocycles. The van der Waals surface area contributed by atoms with E-state index in [4.69, 9.17) is 12.2 Å². The molecule has 0 fully saturated rings. The van der Waals surface area contributed by atoms with Gasteiger partial charge in [-0.3, -0.25) is 0 Å². The molecular weight excluding hydrogens is 238 g/mol. The van der Waals surface area contributed by atoms with Crippen LogP contribution in [0.5, 0.6) is 5.88 Å². The molecule has 2 heterocycles. The predicted molar refractivity (Wildman–Crippen MR) is 66.4 cm³/mol. The summed E-state index contributed by atoms with van der Waals surface area (Å²) in [6, 6.07) is 1.86. The summed E-state index contributed by atoms with van der Waals surface area (Å²) >= 11 is 4.83. The van der Waals surface area contributed by atoms with E-state index in [0.717, 1.165) is 11.4 Å². The zero-order chi connectivity index (χ0) is 12.4. The summed E-state index contributed by atoms with van der Waals surface area (Å²) in [5, 5.41) is 9.43. The molecule has 0 spiro atoms. The number of nitrogens with zero attached hydrogens (tertiary/aromatic N) is 3. The van der Waals surface area contributed by atoms with Crippen LogP contribution in [0.15, 0.2) is 11.1 Å². The molecule has 0 radical (unpaired) electrons. The second kappa shape index (κ2) is 4.46. The molecule has 0 aliphatic rings. The molecule has 0 aliphatic carbocycles. The number of aliphatic imine (C=N–C) groups is 1. The van der Waals surface area contributed by atoms with Gasteiger partial charge in [-0.05, 0) is 32.1 Å². The number of aromatic amines is 2. The highest BCUT2D eigenvalue weighted by atomic mass is 32.1. The van der Waals surface area contributed by atoms with Crippen molar-refractivity contribution in [1.82, 2.24) is 19.9 Å². The van der Waals surface area contributed by atoms with Crippen molar-refractivity contribution < 1.29 is 5.11 Å². The third-order valence-electron chi connectivity index (χ3n) is 2.01. The van der Waals surface area contributed by atoms with E-state index in [9.17, 15) is 5.11 Å². The van der Waals surface area contributed by atoms with E-state index in [0.29, 0.717) is 16.4 Å². The van der Waals surface area contributed by atoms with Crippen molar-refractivity contribution in [3.05, 3.63) is 27.9 Å². The van der Waals surface area contributed by atoms with Crippen molar-refractivity contribution >= 4 is 24.4 Å². The third kappa shape index (κ3) is 2.76. The van der Waals surface area contributed by atoms with Gasteiger partial charge in [0.2, 0.25) is 11.8 Å². The van der Waals surface area contributed by atoms with Crippen LogP contribution in [-0.4, -0.2) is 31.3 Å². The van der Waals surface area contributed by atoms with Crippen LogP contribution in [0.3, 0.4) is 0 Å². The topological polar surface area (TPSA) is 90.0 Å². The summed E-state index contributed by atoms with van der Waals surface area (Å²) < 4.78 is 0.338. The fraction of sp³-hybridized carbons (Fsp3) is 0.200. The summed E-state index contributed by atoms with van der Waals surface area (Å²) in [5.41, 5.74) is 2.09. The fourth-order valence-corrected chi connectivity index (χ4v) is 1.58. The van der Waals surface area contributed by atoms with Crippen molar-refractivity contribution in [2.75, 3.05) is 0 Å². The Bertz CT molecular complexity index is 608. The Hall–Kier alpha value is -2.02. The number of H-pyrrole nitrogens is 2. The minimum Gasteiger partial charge on any atom is -0.493 e. The first-order valence-corrected chi connectivity index (χ1v) is 5.33. The van der Waals surface area contributed by atoms with E-state index in [1.807, 2.05) is 19.9 Å². The zero-order valence-electron chi connectivity index (χ0n) is 9.35. The summed E-state index contributed by atoms with van der Waals surface area (Å²) in [7, 11) is 0. The van der Waals surface area contributed by atoms with Gasteiger partial charge in [-0.1, -0.05) is 0 Å². The van der Waals surface area contributed by atoms with Gasteiger partial charge in [0.25, 0.3) is 0 Å². The Morgan fingerprint density at radius 3 is 2.47 bits per heavy atom. The van der Waals surface area contributed by atoms with Gasteiger partial charge in [0.1, 0.15) is 5.69 Å². The molecule has 0 aliphatic heterocycles. The van der Waals surface area contributed by atoms with Crippen LogP contribution < -0.4 is 0 Å². The lowest BCUT2D eigenvalue weighted by atomic mass is 10.4. The first kappa shape index (κ1) is 11.5. The van der Waals surface area contributed by atoms with Crippen molar-refractivity contribution in [1.29, 1.82) is 0 Å². The van der Waals surface area contributed by atoms with Crippen LogP contribution in [0, 0.1) is 18.6 Å². The normalized spacial score (nSPS) is 11.2.